The predicted octanol–water partition coefficient (Wildman–Crippen LogP) is 4.05. The summed E-state index contributed by atoms with van der Waals surface area (Å²) in [5.41, 5.74) is 13.2. The molecule has 0 saturated heterocycles. The van der Waals surface area contributed by atoms with E-state index >= 15 is 0 Å². The van der Waals surface area contributed by atoms with Crippen LogP contribution < -0.4 is 11.2 Å². The van der Waals surface area contributed by atoms with Crippen LogP contribution in [0.5, 0.6) is 0 Å². The largest absolute Gasteiger partial charge is 0.472 e. The number of hydrazine groups is 1. The van der Waals surface area contributed by atoms with Gasteiger partial charge < -0.3 is 10.2 Å². The van der Waals surface area contributed by atoms with Gasteiger partial charge in [0, 0.05) is 22.2 Å². The molecule has 3 rings (SSSR count). The lowest BCUT2D eigenvalue weighted by atomic mass is 10.2. The topological polar surface area (TPSA) is 54.4 Å². The summed E-state index contributed by atoms with van der Waals surface area (Å²) in [4.78, 5) is 0. The van der Waals surface area contributed by atoms with E-state index in [1.54, 1.807) is 12.5 Å². The highest BCUT2D eigenvalue weighted by atomic mass is 127. The Morgan fingerprint density at radius 2 is 1.75 bits per heavy atom. The van der Waals surface area contributed by atoms with Crippen molar-refractivity contribution >= 4 is 22.6 Å². The first-order chi connectivity index (χ1) is 11.7. The Hall–Kier alpha value is -1.67. The minimum atomic E-state index is -0.284. The molecule has 5 heteroatoms. The Morgan fingerprint density at radius 1 is 1.00 bits per heavy atom. The number of furan rings is 1. The lowest BCUT2D eigenvalue weighted by Gasteiger charge is -2.29. The molecule has 24 heavy (non-hydrogen) atoms. The summed E-state index contributed by atoms with van der Waals surface area (Å²) in [6, 6.07) is 20.6. The average Bonchev–Trinajstić information content (AvgIpc) is 3.15. The normalized spacial score (nSPS) is 12.5. The fraction of sp³-hybridized carbons (Fsp3) is 0.158. The van der Waals surface area contributed by atoms with Crippen molar-refractivity contribution in [2.24, 2.45) is 5.73 Å². The molecular formula is C19H20IN3O. The summed E-state index contributed by atoms with van der Waals surface area (Å²) in [7, 11) is 0. The van der Waals surface area contributed by atoms with Crippen molar-refractivity contribution in [1.82, 2.24) is 10.4 Å². The van der Waals surface area contributed by atoms with Crippen molar-refractivity contribution in [3.8, 4) is 0 Å². The van der Waals surface area contributed by atoms with Crippen molar-refractivity contribution < 1.29 is 4.42 Å². The summed E-state index contributed by atoms with van der Waals surface area (Å²) in [5.74, 6) is 0. The number of hydrogen-bond donors (Lipinski definition) is 2. The summed E-state index contributed by atoms with van der Waals surface area (Å²) < 4.78 is 6.41. The minimum Gasteiger partial charge on any atom is -0.472 e. The third-order valence-corrected chi connectivity index (χ3v) is 4.53. The highest BCUT2D eigenvalue weighted by Gasteiger charge is 2.17. The molecule has 0 aliphatic rings. The maximum Gasteiger partial charge on any atom is 0.100 e. The van der Waals surface area contributed by atoms with Gasteiger partial charge in [0.05, 0.1) is 12.5 Å². The van der Waals surface area contributed by atoms with Gasteiger partial charge in [0.1, 0.15) is 6.17 Å². The summed E-state index contributed by atoms with van der Waals surface area (Å²) in [5, 5.41) is 2.04. The van der Waals surface area contributed by atoms with E-state index < -0.39 is 0 Å². The standard InChI is InChI=1S/C19H20IN3O/c20-18-8-6-15(7-9-18)12-22-23(13-16-4-2-1-3-5-16)19(21)17-10-11-24-14-17/h1-11,14,19,22H,12-13,21H2. The molecule has 0 radical (unpaired) electrons. The molecule has 0 spiro atoms. The van der Waals surface area contributed by atoms with Crippen molar-refractivity contribution in [2.45, 2.75) is 19.3 Å². The lowest BCUT2D eigenvalue weighted by molar-refractivity contribution is 0.112. The van der Waals surface area contributed by atoms with Crippen molar-refractivity contribution in [2.75, 3.05) is 0 Å². The molecule has 2 aromatic carbocycles. The lowest BCUT2D eigenvalue weighted by Crippen LogP contribution is -2.43. The van der Waals surface area contributed by atoms with E-state index in [0.717, 1.165) is 12.1 Å². The Morgan fingerprint density at radius 3 is 2.42 bits per heavy atom. The van der Waals surface area contributed by atoms with Crippen LogP contribution in [0.25, 0.3) is 0 Å². The molecule has 124 valence electrons. The number of nitrogens with one attached hydrogen (secondary N) is 1. The van der Waals surface area contributed by atoms with Gasteiger partial charge in [-0.05, 0) is 51.9 Å². The Labute approximate surface area is 155 Å². The third-order valence-electron chi connectivity index (χ3n) is 3.82. The molecule has 0 aliphatic heterocycles. The number of benzene rings is 2. The number of nitrogens with zero attached hydrogens (tertiary/aromatic N) is 1. The maximum atomic E-state index is 6.42. The van der Waals surface area contributed by atoms with Gasteiger partial charge in [0.25, 0.3) is 0 Å². The van der Waals surface area contributed by atoms with Crippen LogP contribution in [0.1, 0.15) is 22.9 Å². The van der Waals surface area contributed by atoms with Gasteiger partial charge in [-0.3, -0.25) is 0 Å². The zero-order chi connectivity index (χ0) is 16.8. The van der Waals surface area contributed by atoms with E-state index in [2.05, 4.69) is 64.4 Å². The van der Waals surface area contributed by atoms with E-state index in [1.807, 2.05) is 29.3 Å². The molecule has 0 saturated carbocycles. The van der Waals surface area contributed by atoms with Crippen LogP contribution in [0.3, 0.4) is 0 Å². The predicted molar refractivity (Wildman–Crippen MR) is 104 cm³/mol. The van der Waals surface area contributed by atoms with Crippen LogP contribution in [0.2, 0.25) is 0 Å². The molecule has 1 heterocycles. The second kappa shape index (κ2) is 8.43. The third kappa shape index (κ3) is 4.67. The molecule has 3 aromatic rings. The van der Waals surface area contributed by atoms with Crippen LogP contribution in [-0.4, -0.2) is 5.01 Å². The molecule has 0 aliphatic carbocycles. The Kier molecular flexibility index (Phi) is 6.03. The van der Waals surface area contributed by atoms with E-state index in [-0.39, 0.29) is 6.17 Å². The van der Waals surface area contributed by atoms with Crippen molar-refractivity contribution in [1.29, 1.82) is 0 Å². The summed E-state index contributed by atoms with van der Waals surface area (Å²) >= 11 is 2.31. The summed E-state index contributed by atoms with van der Waals surface area (Å²) in [6.07, 6.45) is 3.05. The zero-order valence-electron chi connectivity index (χ0n) is 13.2. The molecule has 4 nitrogen and oxygen atoms in total. The van der Waals surface area contributed by atoms with Gasteiger partial charge >= 0.3 is 0 Å². The first-order valence-corrected chi connectivity index (χ1v) is 8.86. The number of halogens is 1. The van der Waals surface area contributed by atoms with Gasteiger partial charge in [-0.2, -0.15) is 0 Å². The molecule has 1 aromatic heterocycles. The van der Waals surface area contributed by atoms with Crippen LogP contribution in [-0.2, 0) is 13.1 Å². The van der Waals surface area contributed by atoms with Gasteiger partial charge in [-0.1, -0.05) is 42.5 Å². The fourth-order valence-electron chi connectivity index (χ4n) is 2.45. The maximum absolute atomic E-state index is 6.42. The van der Waals surface area contributed by atoms with Gasteiger partial charge in [0.2, 0.25) is 0 Å². The summed E-state index contributed by atoms with van der Waals surface area (Å²) in [6.45, 7) is 1.42. The van der Waals surface area contributed by atoms with Crippen molar-refractivity contribution in [3.05, 3.63) is 93.5 Å². The number of nitrogens with two attached hydrogens (primary N) is 1. The molecule has 0 amide bonds. The smallest absolute Gasteiger partial charge is 0.100 e. The van der Waals surface area contributed by atoms with Crippen LogP contribution in [0.15, 0.2) is 77.6 Å². The monoisotopic (exact) mass is 433 g/mol. The average molecular weight is 433 g/mol. The van der Waals surface area contributed by atoms with Crippen LogP contribution >= 0.6 is 22.6 Å². The molecule has 1 unspecified atom stereocenters. The first kappa shape index (κ1) is 17.2. The fourth-order valence-corrected chi connectivity index (χ4v) is 2.81. The van der Waals surface area contributed by atoms with E-state index in [4.69, 9.17) is 10.2 Å². The van der Waals surface area contributed by atoms with Gasteiger partial charge in [0.15, 0.2) is 0 Å². The molecule has 3 N–H and O–H groups in total. The quantitative estimate of drug-likeness (QED) is 0.336. The highest BCUT2D eigenvalue weighted by molar-refractivity contribution is 14.1. The zero-order valence-corrected chi connectivity index (χ0v) is 15.4. The first-order valence-electron chi connectivity index (χ1n) is 7.78. The van der Waals surface area contributed by atoms with E-state index in [9.17, 15) is 0 Å². The molecule has 0 bridgehead atoms. The van der Waals surface area contributed by atoms with E-state index in [0.29, 0.717) is 6.54 Å². The van der Waals surface area contributed by atoms with Gasteiger partial charge in [-0.15, -0.1) is 0 Å². The van der Waals surface area contributed by atoms with Crippen molar-refractivity contribution in [3.63, 3.8) is 0 Å². The van der Waals surface area contributed by atoms with E-state index in [1.165, 1.54) is 14.7 Å². The number of rotatable bonds is 7. The Bertz CT molecular complexity index is 729. The SMILES string of the molecule is NC(c1ccoc1)N(Cc1ccccc1)NCc1ccc(I)cc1. The molecule has 0 fully saturated rings. The number of hydrogen-bond acceptors (Lipinski definition) is 4. The molecular weight excluding hydrogens is 413 g/mol. The highest BCUT2D eigenvalue weighted by Crippen LogP contribution is 2.17. The van der Waals surface area contributed by atoms with Crippen LogP contribution in [0, 0.1) is 3.57 Å². The molecule has 1 atom stereocenters. The Balaban J connectivity index is 1.72. The van der Waals surface area contributed by atoms with Gasteiger partial charge in [-0.25, -0.2) is 10.4 Å². The van der Waals surface area contributed by atoms with Crippen LogP contribution in [0.4, 0.5) is 0 Å². The second-order valence-electron chi connectivity index (χ2n) is 5.58. The minimum absolute atomic E-state index is 0.284. The second-order valence-corrected chi connectivity index (χ2v) is 6.82.